The van der Waals surface area contributed by atoms with Crippen LogP contribution in [0.2, 0.25) is 0 Å². The summed E-state index contributed by atoms with van der Waals surface area (Å²) >= 11 is 0. The van der Waals surface area contributed by atoms with E-state index in [0.29, 0.717) is 6.07 Å². The molecule has 1 rings (SSSR count). The lowest BCUT2D eigenvalue weighted by molar-refractivity contribution is -0.154. The van der Waals surface area contributed by atoms with Crippen LogP contribution in [0.1, 0.15) is 29.8 Å². The molecule has 0 radical (unpaired) electrons. The highest BCUT2D eigenvalue weighted by Gasteiger charge is 2.33. The van der Waals surface area contributed by atoms with Crippen molar-refractivity contribution < 1.29 is 32.3 Å². The number of carbonyl (C=O) groups is 3. The number of carbonyl (C=O) groups excluding carboxylic acids is 3. The zero-order valence-electron chi connectivity index (χ0n) is 11.4. The van der Waals surface area contributed by atoms with Crippen molar-refractivity contribution in [2.45, 2.75) is 20.0 Å². The maximum atomic E-state index is 12.6. The van der Waals surface area contributed by atoms with Gasteiger partial charge in [0, 0.05) is 5.56 Å². The Morgan fingerprint density at radius 2 is 1.86 bits per heavy atom. The molecule has 1 atom stereocenters. The van der Waals surface area contributed by atoms with Crippen molar-refractivity contribution in [1.29, 1.82) is 0 Å². The number of benzene rings is 1. The van der Waals surface area contributed by atoms with E-state index >= 15 is 0 Å². The van der Waals surface area contributed by atoms with E-state index in [2.05, 4.69) is 4.74 Å². The monoisotopic (exact) mass is 302 g/mol. The molecule has 1 aromatic carbocycles. The van der Waals surface area contributed by atoms with Crippen LogP contribution in [0, 0.1) is 5.92 Å². The Balaban J connectivity index is 2.98. The van der Waals surface area contributed by atoms with Crippen LogP contribution >= 0.6 is 0 Å². The first-order chi connectivity index (χ1) is 9.68. The Bertz CT molecular complexity index is 564. The van der Waals surface area contributed by atoms with Crippen molar-refractivity contribution in [3.8, 4) is 0 Å². The molecule has 0 amide bonds. The van der Waals surface area contributed by atoms with Gasteiger partial charge in [-0.15, -0.1) is 0 Å². The van der Waals surface area contributed by atoms with Crippen LogP contribution in [0.4, 0.5) is 13.2 Å². The summed E-state index contributed by atoms with van der Waals surface area (Å²) in [5, 5.41) is 0. The van der Waals surface area contributed by atoms with Gasteiger partial charge in [0.25, 0.3) is 5.78 Å². The Hall–Kier alpha value is -2.18. The average Bonchev–Trinajstić information content (AvgIpc) is 2.44. The number of esters is 1. The van der Waals surface area contributed by atoms with E-state index in [9.17, 15) is 27.6 Å². The summed E-state index contributed by atoms with van der Waals surface area (Å²) in [7, 11) is 0. The van der Waals surface area contributed by atoms with Gasteiger partial charge in [-0.2, -0.15) is 13.2 Å². The zero-order valence-corrected chi connectivity index (χ0v) is 11.4. The fourth-order valence-electron chi connectivity index (χ4n) is 1.60. The molecule has 0 bridgehead atoms. The minimum Gasteiger partial charge on any atom is -0.460 e. The number of ketones is 2. The first-order valence-electron chi connectivity index (χ1n) is 6.11. The highest BCUT2D eigenvalue weighted by molar-refractivity contribution is 6.39. The zero-order chi connectivity index (χ0) is 16.2. The Labute approximate surface area is 118 Å². The normalized spacial score (nSPS) is 12.6. The van der Waals surface area contributed by atoms with Crippen LogP contribution in [0.5, 0.6) is 0 Å². The Morgan fingerprint density at radius 1 is 1.24 bits per heavy atom. The molecule has 114 valence electrons. The molecule has 0 aromatic heterocycles. The van der Waals surface area contributed by atoms with Gasteiger partial charge in [-0.05, 0) is 26.0 Å². The molecule has 4 nitrogen and oxygen atoms in total. The topological polar surface area (TPSA) is 60.4 Å². The predicted octanol–water partition coefficient (Wildman–Crippen LogP) is 2.66. The first-order valence-corrected chi connectivity index (χ1v) is 6.11. The van der Waals surface area contributed by atoms with Gasteiger partial charge in [-0.1, -0.05) is 12.1 Å². The Kier molecular flexibility index (Phi) is 5.23. The lowest BCUT2D eigenvalue weighted by Gasteiger charge is -2.11. The summed E-state index contributed by atoms with van der Waals surface area (Å²) in [5.74, 6) is -4.52. The molecule has 0 heterocycles. The fraction of sp³-hybridized carbons (Fsp3) is 0.357. The van der Waals surface area contributed by atoms with E-state index in [1.54, 1.807) is 0 Å². The van der Waals surface area contributed by atoms with Gasteiger partial charge in [0.05, 0.1) is 18.1 Å². The Morgan fingerprint density at radius 3 is 2.38 bits per heavy atom. The maximum absolute atomic E-state index is 12.6. The third-order valence-electron chi connectivity index (χ3n) is 2.74. The van der Waals surface area contributed by atoms with Gasteiger partial charge >= 0.3 is 12.1 Å². The predicted molar refractivity (Wildman–Crippen MR) is 66.6 cm³/mol. The quantitative estimate of drug-likeness (QED) is 0.363. The minimum atomic E-state index is -4.59. The van der Waals surface area contributed by atoms with Crippen LogP contribution < -0.4 is 0 Å². The van der Waals surface area contributed by atoms with Crippen LogP contribution in [-0.2, 0) is 20.5 Å². The summed E-state index contributed by atoms with van der Waals surface area (Å²) in [5.41, 5.74) is -1.28. The molecule has 0 N–H and O–H groups in total. The van der Waals surface area contributed by atoms with Crippen LogP contribution in [0.3, 0.4) is 0 Å². The lowest BCUT2D eigenvalue weighted by Crippen LogP contribution is -2.29. The molecule has 0 aliphatic heterocycles. The SMILES string of the molecule is CCOC(=O)C(=O)C(C)C(=O)c1cccc(C(F)(F)F)c1. The van der Waals surface area contributed by atoms with Crippen molar-refractivity contribution in [2.24, 2.45) is 5.92 Å². The van der Waals surface area contributed by atoms with E-state index in [1.165, 1.54) is 6.92 Å². The van der Waals surface area contributed by atoms with Crippen molar-refractivity contribution in [2.75, 3.05) is 6.61 Å². The van der Waals surface area contributed by atoms with E-state index < -0.39 is 35.2 Å². The minimum absolute atomic E-state index is 0.0327. The van der Waals surface area contributed by atoms with E-state index in [1.807, 2.05) is 0 Å². The third-order valence-corrected chi connectivity index (χ3v) is 2.74. The van der Waals surface area contributed by atoms with Crippen molar-refractivity contribution in [3.05, 3.63) is 35.4 Å². The number of hydrogen-bond donors (Lipinski definition) is 0. The molecular formula is C14H13F3O4. The standard InChI is InChI=1S/C14H13F3O4/c1-3-21-13(20)12(19)8(2)11(18)9-5-4-6-10(7-9)14(15,16)17/h4-8H,3H2,1-2H3. The second-order valence-electron chi connectivity index (χ2n) is 4.25. The highest BCUT2D eigenvalue weighted by atomic mass is 19.4. The first kappa shape index (κ1) is 16.9. The second kappa shape index (κ2) is 6.51. The van der Waals surface area contributed by atoms with Crippen molar-refractivity contribution >= 4 is 17.5 Å². The van der Waals surface area contributed by atoms with E-state index in [4.69, 9.17) is 0 Å². The molecule has 21 heavy (non-hydrogen) atoms. The van der Waals surface area contributed by atoms with Gasteiger partial charge in [0.1, 0.15) is 0 Å². The van der Waals surface area contributed by atoms with Gasteiger partial charge in [0.15, 0.2) is 5.78 Å². The van der Waals surface area contributed by atoms with Crippen LogP contribution in [0.25, 0.3) is 0 Å². The van der Waals surface area contributed by atoms with E-state index in [0.717, 1.165) is 25.1 Å². The van der Waals surface area contributed by atoms with Crippen molar-refractivity contribution in [3.63, 3.8) is 0 Å². The smallest absolute Gasteiger partial charge is 0.416 e. The molecule has 0 saturated carbocycles. The number of rotatable bonds is 5. The van der Waals surface area contributed by atoms with Gasteiger partial charge < -0.3 is 4.74 Å². The van der Waals surface area contributed by atoms with Crippen LogP contribution in [-0.4, -0.2) is 24.1 Å². The molecule has 0 aliphatic rings. The highest BCUT2D eigenvalue weighted by Crippen LogP contribution is 2.30. The molecule has 0 saturated heterocycles. The second-order valence-corrected chi connectivity index (χ2v) is 4.25. The molecule has 1 aromatic rings. The maximum Gasteiger partial charge on any atom is 0.416 e. The van der Waals surface area contributed by atoms with Crippen LogP contribution in [0.15, 0.2) is 24.3 Å². The number of hydrogen-bond acceptors (Lipinski definition) is 4. The molecule has 7 heteroatoms. The summed E-state index contributed by atoms with van der Waals surface area (Å²) in [6, 6.07) is 3.69. The number of ether oxygens (including phenoxy) is 1. The van der Waals surface area contributed by atoms with E-state index in [-0.39, 0.29) is 12.2 Å². The summed E-state index contributed by atoms with van der Waals surface area (Å²) < 4.78 is 42.2. The third kappa shape index (κ3) is 4.14. The largest absolute Gasteiger partial charge is 0.460 e. The summed E-state index contributed by atoms with van der Waals surface area (Å²) in [6.07, 6.45) is -4.59. The number of Topliss-reactive ketones (excluding diaryl/α,β-unsaturated/α-hetero) is 2. The summed E-state index contributed by atoms with van der Waals surface area (Å²) in [4.78, 5) is 34.8. The lowest BCUT2D eigenvalue weighted by atomic mass is 9.94. The molecule has 0 spiro atoms. The van der Waals surface area contributed by atoms with Crippen molar-refractivity contribution in [1.82, 2.24) is 0 Å². The summed E-state index contributed by atoms with van der Waals surface area (Å²) in [6.45, 7) is 2.61. The average molecular weight is 302 g/mol. The molecule has 0 fully saturated rings. The molecule has 0 aliphatic carbocycles. The number of halogens is 3. The molecule has 1 unspecified atom stereocenters. The van der Waals surface area contributed by atoms with Gasteiger partial charge in [-0.25, -0.2) is 4.79 Å². The number of alkyl halides is 3. The van der Waals surface area contributed by atoms with Gasteiger partial charge in [0.2, 0.25) is 0 Å². The fourth-order valence-corrected chi connectivity index (χ4v) is 1.60. The molecular weight excluding hydrogens is 289 g/mol. The van der Waals surface area contributed by atoms with Gasteiger partial charge in [-0.3, -0.25) is 9.59 Å².